The van der Waals surface area contributed by atoms with Gasteiger partial charge in [-0.15, -0.1) is 21.5 Å². The molecule has 3 aromatic heterocycles. The van der Waals surface area contributed by atoms with Crippen molar-refractivity contribution in [2.24, 2.45) is 0 Å². The van der Waals surface area contributed by atoms with Crippen LogP contribution >= 0.6 is 11.3 Å². The lowest BCUT2D eigenvalue weighted by atomic mass is 10.0. The summed E-state index contributed by atoms with van der Waals surface area (Å²) < 4.78 is 0. The first-order valence-electron chi connectivity index (χ1n) is 10.9. The predicted molar refractivity (Wildman–Crippen MR) is 125 cm³/mol. The van der Waals surface area contributed by atoms with E-state index in [-0.39, 0.29) is 29.2 Å². The molecule has 3 N–H and O–H groups in total. The number of benzene rings is 1. The van der Waals surface area contributed by atoms with Crippen molar-refractivity contribution in [1.82, 2.24) is 41.2 Å². The van der Waals surface area contributed by atoms with Gasteiger partial charge < -0.3 is 10.6 Å². The van der Waals surface area contributed by atoms with Crippen LogP contribution in [0.4, 0.5) is 0 Å². The molecule has 10 nitrogen and oxygen atoms in total. The van der Waals surface area contributed by atoms with E-state index in [2.05, 4.69) is 54.2 Å². The van der Waals surface area contributed by atoms with Crippen LogP contribution in [0.5, 0.6) is 0 Å². The zero-order valence-electron chi connectivity index (χ0n) is 18.4. The molecule has 0 saturated heterocycles. The minimum atomic E-state index is -0.346. The molecule has 2 amide bonds. The second-order valence-electron chi connectivity index (χ2n) is 7.96. The Morgan fingerprint density at radius 3 is 2.76 bits per heavy atom. The third-order valence-corrected chi connectivity index (χ3v) is 6.90. The second kappa shape index (κ2) is 9.48. The van der Waals surface area contributed by atoms with E-state index >= 15 is 0 Å². The summed E-state index contributed by atoms with van der Waals surface area (Å²) in [7, 11) is 0. The van der Waals surface area contributed by atoms with Crippen LogP contribution in [0.25, 0.3) is 11.4 Å². The van der Waals surface area contributed by atoms with Crippen LogP contribution in [0.15, 0.2) is 42.0 Å². The molecular weight excluding hydrogens is 452 g/mol. The SMILES string of the molecule is CCc1cc(CNC(=O)c2cc(C(=O)N[C@@H]3CCc4cc(-c5nn[nH]n5)ccc43)ncn2)cs1. The minimum Gasteiger partial charge on any atom is -0.347 e. The fourth-order valence-corrected chi connectivity index (χ4v) is 4.85. The second-order valence-corrected chi connectivity index (χ2v) is 8.96. The van der Waals surface area contributed by atoms with Crippen molar-refractivity contribution in [3.8, 4) is 11.4 Å². The van der Waals surface area contributed by atoms with Crippen molar-refractivity contribution in [2.45, 2.75) is 38.8 Å². The van der Waals surface area contributed by atoms with Gasteiger partial charge >= 0.3 is 0 Å². The van der Waals surface area contributed by atoms with Crippen LogP contribution in [0, 0.1) is 0 Å². The van der Waals surface area contributed by atoms with Crippen LogP contribution < -0.4 is 10.6 Å². The van der Waals surface area contributed by atoms with Crippen molar-refractivity contribution in [3.63, 3.8) is 0 Å². The Hall–Kier alpha value is -3.99. The number of aryl methyl sites for hydroxylation is 2. The molecule has 3 heterocycles. The third-order valence-electron chi connectivity index (χ3n) is 5.77. The summed E-state index contributed by atoms with van der Waals surface area (Å²) >= 11 is 1.67. The Balaban J connectivity index is 1.24. The normalized spacial score (nSPS) is 14.6. The molecule has 1 aromatic carbocycles. The Bertz CT molecular complexity index is 1330. The molecule has 0 radical (unpaired) electrons. The smallest absolute Gasteiger partial charge is 0.270 e. The first kappa shape index (κ1) is 21.8. The van der Waals surface area contributed by atoms with Crippen LogP contribution in [0.1, 0.15) is 61.9 Å². The summed E-state index contributed by atoms with van der Waals surface area (Å²) in [5.41, 5.74) is 4.41. The van der Waals surface area contributed by atoms with Gasteiger partial charge in [-0.2, -0.15) is 5.21 Å². The Morgan fingerprint density at radius 2 is 2.00 bits per heavy atom. The van der Waals surface area contributed by atoms with Gasteiger partial charge in [0.05, 0.1) is 6.04 Å². The molecule has 1 aliphatic rings. The summed E-state index contributed by atoms with van der Waals surface area (Å²) in [6.07, 6.45) is 3.80. The van der Waals surface area contributed by atoms with Gasteiger partial charge in [0.25, 0.3) is 11.8 Å². The number of nitrogens with one attached hydrogen (secondary N) is 3. The summed E-state index contributed by atoms with van der Waals surface area (Å²) in [5.74, 6) is -0.158. The van der Waals surface area contributed by atoms with E-state index in [1.165, 1.54) is 17.3 Å². The maximum absolute atomic E-state index is 12.9. The number of H-pyrrole nitrogens is 1. The van der Waals surface area contributed by atoms with Gasteiger partial charge in [-0.25, -0.2) is 9.97 Å². The zero-order valence-corrected chi connectivity index (χ0v) is 19.2. The number of carbonyl (C=O) groups excluding carboxylic acids is 2. The number of aromatic amines is 1. The van der Waals surface area contributed by atoms with Gasteiger partial charge in [0, 0.05) is 23.1 Å². The molecule has 4 aromatic rings. The van der Waals surface area contributed by atoms with E-state index in [1.54, 1.807) is 11.3 Å². The highest BCUT2D eigenvalue weighted by atomic mass is 32.1. The molecule has 0 unspecified atom stereocenters. The summed E-state index contributed by atoms with van der Waals surface area (Å²) in [5, 5.41) is 22.0. The largest absolute Gasteiger partial charge is 0.347 e. The van der Waals surface area contributed by atoms with Gasteiger partial charge in [0.1, 0.15) is 17.7 Å². The summed E-state index contributed by atoms with van der Waals surface area (Å²) in [4.78, 5) is 34.8. The number of carbonyl (C=O) groups is 2. The average Bonchev–Trinajstić information content (AvgIpc) is 3.64. The summed E-state index contributed by atoms with van der Waals surface area (Å²) in [6.45, 7) is 2.50. The highest BCUT2D eigenvalue weighted by Gasteiger charge is 2.26. The predicted octanol–water partition coefficient (Wildman–Crippen LogP) is 2.63. The standard InChI is InChI=1S/C23H22N8O2S/c1-2-16-7-13(11-34-16)10-24-22(32)19-9-20(26-12-25-19)23(33)27-18-6-4-14-8-15(3-5-17(14)18)21-28-30-31-29-21/h3,5,7-9,11-12,18H,2,4,6,10H2,1H3,(H,24,32)(H,27,33)(H,28,29,30,31)/t18-/m1/s1. The third kappa shape index (κ3) is 4.55. The molecule has 0 saturated carbocycles. The number of fused-ring (bicyclic) bond motifs is 1. The maximum atomic E-state index is 12.9. The van der Waals surface area contributed by atoms with Gasteiger partial charge in [0.2, 0.25) is 5.82 Å². The zero-order chi connectivity index (χ0) is 23.5. The van der Waals surface area contributed by atoms with Gasteiger partial charge in [-0.3, -0.25) is 9.59 Å². The Morgan fingerprint density at radius 1 is 1.15 bits per heavy atom. The Kier molecular flexibility index (Phi) is 6.09. The first-order valence-corrected chi connectivity index (χ1v) is 11.8. The van der Waals surface area contributed by atoms with Crippen LogP contribution in [0.3, 0.4) is 0 Å². The number of nitrogens with zero attached hydrogens (tertiary/aromatic N) is 5. The fraction of sp³-hybridized carbons (Fsp3) is 0.261. The van der Waals surface area contributed by atoms with Crippen molar-refractivity contribution in [2.75, 3.05) is 0 Å². The lowest BCUT2D eigenvalue weighted by molar-refractivity contribution is 0.0931. The lowest BCUT2D eigenvalue weighted by Gasteiger charge is -2.14. The van der Waals surface area contributed by atoms with Crippen molar-refractivity contribution < 1.29 is 9.59 Å². The monoisotopic (exact) mass is 474 g/mol. The van der Waals surface area contributed by atoms with Crippen molar-refractivity contribution in [3.05, 3.63) is 75.0 Å². The quantitative estimate of drug-likeness (QED) is 0.374. The molecular formula is C23H22N8O2S. The highest BCUT2D eigenvalue weighted by molar-refractivity contribution is 7.10. The molecule has 172 valence electrons. The molecule has 34 heavy (non-hydrogen) atoms. The Labute approximate surface area is 199 Å². The lowest BCUT2D eigenvalue weighted by Crippen LogP contribution is -2.29. The topological polar surface area (TPSA) is 138 Å². The number of thiophene rings is 1. The van der Waals surface area contributed by atoms with E-state index < -0.39 is 0 Å². The molecule has 0 aliphatic heterocycles. The number of tetrazole rings is 1. The van der Waals surface area contributed by atoms with E-state index in [1.807, 2.05) is 23.6 Å². The molecule has 1 aliphatic carbocycles. The fourth-order valence-electron chi connectivity index (χ4n) is 4.01. The molecule has 0 spiro atoms. The minimum absolute atomic E-state index is 0.139. The van der Waals surface area contributed by atoms with Gasteiger partial charge in [-0.05, 0) is 58.7 Å². The highest BCUT2D eigenvalue weighted by Crippen LogP contribution is 2.33. The van der Waals surface area contributed by atoms with E-state index in [0.29, 0.717) is 12.4 Å². The molecule has 1 atom stereocenters. The first-order chi connectivity index (χ1) is 16.6. The summed E-state index contributed by atoms with van der Waals surface area (Å²) in [6, 6.07) is 9.28. The number of aromatic nitrogens is 6. The van der Waals surface area contributed by atoms with E-state index in [9.17, 15) is 9.59 Å². The van der Waals surface area contributed by atoms with Gasteiger partial charge in [0.15, 0.2) is 0 Å². The van der Waals surface area contributed by atoms with Crippen molar-refractivity contribution in [1.29, 1.82) is 0 Å². The number of amides is 2. The average molecular weight is 475 g/mol. The van der Waals surface area contributed by atoms with Crippen molar-refractivity contribution >= 4 is 23.2 Å². The van der Waals surface area contributed by atoms with E-state index in [4.69, 9.17) is 0 Å². The van der Waals surface area contributed by atoms with Crippen LogP contribution in [-0.4, -0.2) is 42.4 Å². The maximum Gasteiger partial charge on any atom is 0.270 e. The van der Waals surface area contributed by atoms with Gasteiger partial charge in [-0.1, -0.05) is 19.1 Å². The molecule has 11 heteroatoms. The number of hydrogen-bond acceptors (Lipinski definition) is 8. The number of rotatable bonds is 7. The molecule has 5 rings (SSSR count). The van der Waals surface area contributed by atoms with Crippen LogP contribution in [0.2, 0.25) is 0 Å². The van der Waals surface area contributed by atoms with Crippen LogP contribution in [-0.2, 0) is 19.4 Å². The van der Waals surface area contributed by atoms with E-state index in [0.717, 1.165) is 41.5 Å². The number of hydrogen-bond donors (Lipinski definition) is 3. The molecule has 0 fully saturated rings. The molecule has 0 bridgehead atoms.